The number of thioether (sulfide) groups is 1. The molecule has 0 N–H and O–H groups in total. The highest BCUT2D eigenvalue weighted by molar-refractivity contribution is 8.26. The molecule has 0 bridgehead atoms. The smallest absolute Gasteiger partial charge is 0.267 e. The molecule has 0 unspecified atom stereocenters. The number of carbonyl (C=O) groups is 1. The van der Waals surface area contributed by atoms with Crippen molar-refractivity contribution in [2.45, 2.75) is 20.3 Å². The van der Waals surface area contributed by atoms with Gasteiger partial charge < -0.3 is 9.64 Å². The molecule has 0 aromatic carbocycles. The van der Waals surface area contributed by atoms with E-state index in [1.165, 1.54) is 21.1 Å². The number of rotatable bonds is 5. The van der Waals surface area contributed by atoms with E-state index in [2.05, 4.69) is 18.7 Å². The first-order chi connectivity index (χ1) is 14.9. The molecular formula is C22H26N4O3S2. The topological polar surface area (TPSA) is 67.2 Å². The third-order valence-electron chi connectivity index (χ3n) is 5.59. The van der Waals surface area contributed by atoms with Crippen molar-refractivity contribution in [3.63, 3.8) is 0 Å². The van der Waals surface area contributed by atoms with Crippen LogP contribution in [-0.2, 0) is 9.53 Å². The number of aromatic nitrogens is 2. The van der Waals surface area contributed by atoms with Gasteiger partial charge in [-0.15, -0.1) is 0 Å². The van der Waals surface area contributed by atoms with Crippen molar-refractivity contribution in [2.24, 2.45) is 11.8 Å². The Morgan fingerprint density at radius 2 is 2.00 bits per heavy atom. The van der Waals surface area contributed by atoms with E-state index in [0.717, 1.165) is 19.5 Å². The lowest BCUT2D eigenvalue weighted by molar-refractivity contribution is -0.122. The van der Waals surface area contributed by atoms with Crippen molar-refractivity contribution in [3.05, 3.63) is 45.2 Å². The zero-order valence-corrected chi connectivity index (χ0v) is 19.5. The van der Waals surface area contributed by atoms with Crippen LogP contribution in [0.15, 0.2) is 34.1 Å². The van der Waals surface area contributed by atoms with E-state index in [1.807, 2.05) is 12.1 Å². The molecule has 2 atom stereocenters. The normalized spacial score (nSPS) is 23.4. The van der Waals surface area contributed by atoms with Crippen molar-refractivity contribution in [1.29, 1.82) is 0 Å². The van der Waals surface area contributed by atoms with Gasteiger partial charge in [0.1, 0.15) is 15.8 Å². The fourth-order valence-electron chi connectivity index (χ4n) is 4.30. The summed E-state index contributed by atoms with van der Waals surface area (Å²) >= 11 is 6.60. The summed E-state index contributed by atoms with van der Waals surface area (Å²) in [7, 11) is 1.59. The van der Waals surface area contributed by atoms with Gasteiger partial charge in [0, 0.05) is 26.4 Å². The second-order valence-electron chi connectivity index (χ2n) is 8.26. The molecule has 2 saturated heterocycles. The number of ether oxygens (including phenoxy) is 1. The number of hydrogen-bond donors (Lipinski definition) is 0. The number of pyridine rings is 1. The Morgan fingerprint density at radius 3 is 2.71 bits per heavy atom. The van der Waals surface area contributed by atoms with Crippen LogP contribution >= 0.6 is 24.0 Å². The summed E-state index contributed by atoms with van der Waals surface area (Å²) in [4.78, 5) is 35.4. The Morgan fingerprint density at radius 1 is 1.26 bits per heavy atom. The second kappa shape index (κ2) is 9.10. The number of carbonyl (C=O) groups excluding carboxylic acids is 1. The van der Waals surface area contributed by atoms with Gasteiger partial charge in [-0.05, 0) is 36.5 Å². The number of amides is 1. The van der Waals surface area contributed by atoms with Gasteiger partial charge >= 0.3 is 0 Å². The number of fused-ring (bicyclic) bond motifs is 1. The lowest BCUT2D eigenvalue weighted by Crippen LogP contribution is -2.40. The van der Waals surface area contributed by atoms with E-state index in [9.17, 15) is 9.59 Å². The van der Waals surface area contributed by atoms with Gasteiger partial charge in [-0.25, -0.2) is 4.98 Å². The van der Waals surface area contributed by atoms with Crippen LogP contribution in [0.25, 0.3) is 11.7 Å². The van der Waals surface area contributed by atoms with Gasteiger partial charge in [-0.3, -0.25) is 18.9 Å². The molecule has 0 spiro atoms. The Hall–Kier alpha value is -2.23. The molecule has 0 saturated carbocycles. The summed E-state index contributed by atoms with van der Waals surface area (Å²) in [6, 6.07) is 5.50. The number of thiocarbonyl (C=S) groups is 1. The van der Waals surface area contributed by atoms with Crippen LogP contribution in [-0.4, -0.2) is 57.9 Å². The predicted molar refractivity (Wildman–Crippen MR) is 128 cm³/mol. The first-order valence-electron chi connectivity index (χ1n) is 10.4. The molecule has 2 aliphatic heterocycles. The molecule has 2 aromatic rings. The van der Waals surface area contributed by atoms with E-state index < -0.39 is 0 Å². The van der Waals surface area contributed by atoms with E-state index in [0.29, 0.717) is 51.2 Å². The van der Waals surface area contributed by atoms with Crippen molar-refractivity contribution in [1.82, 2.24) is 14.3 Å². The molecule has 0 aliphatic carbocycles. The van der Waals surface area contributed by atoms with Crippen LogP contribution in [0.4, 0.5) is 5.82 Å². The molecule has 2 aromatic heterocycles. The summed E-state index contributed by atoms with van der Waals surface area (Å²) in [6.45, 7) is 6.88. The van der Waals surface area contributed by atoms with E-state index >= 15 is 0 Å². The lowest BCUT2D eigenvalue weighted by atomic mass is 9.91. The monoisotopic (exact) mass is 458 g/mol. The highest BCUT2D eigenvalue weighted by Crippen LogP contribution is 2.34. The fourth-order valence-corrected chi connectivity index (χ4v) is 5.59. The standard InChI is InChI=1S/C22H26N4O3S2/c1-14-10-15(2)13-24(12-14)19-16(20(27)25-7-5-4-6-18(25)23-19)11-17-21(28)26(8-9-29-3)22(30)31-17/h4-7,11,14-15H,8-10,12-13H2,1-3H3/b17-11-/t14-,15+. The van der Waals surface area contributed by atoms with Crippen molar-refractivity contribution >= 4 is 51.7 Å². The zero-order valence-electron chi connectivity index (χ0n) is 17.9. The van der Waals surface area contributed by atoms with E-state index in [-0.39, 0.29) is 11.5 Å². The average molecular weight is 459 g/mol. The molecule has 0 radical (unpaired) electrons. The van der Waals surface area contributed by atoms with Crippen LogP contribution in [0.3, 0.4) is 0 Å². The summed E-state index contributed by atoms with van der Waals surface area (Å²) < 4.78 is 7.09. The van der Waals surface area contributed by atoms with Gasteiger partial charge in [0.25, 0.3) is 11.5 Å². The third-order valence-corrected chi connectivity index (χ3v) is 6.96. The average Bonchev–Trinajstić information content (AvgIpc) is 3.00. The van der Waals surface area contributed by atoms with Gasteiger partial charge in [0.05, 0.1) is 23.6 Å². The first-order valence-corrected chi connectivity index (χ1v) is 11.6. The number of nitrogens with zero attached hydrogens (tertiary/aromatic N) is 4. The van der Waals surface area contributed by atoms with Gasteiger partial charge in [0.15, 0.2) is 0 Å². The van der Waals surface area contributed by atoms with E-state index in [4.69, 9.17) is 21.9 Å². The summed E-state index contributed by atoms with van der Waals surface area (Å²) in [5.74, 6) is 1.44. The molecule has 9 heteroatoms. The molecule has 31 heavy (non-hydrogen) atoms. The summed E-state index contributed by atoms with van der Waals surface area (Å²) in [5.41, 5.74) is 0.837. The maximum atomic E-state index is 13.4. The highest BCUT2D eigenvalue weighted by Gasteiger charge is 2.33. The largest absolute Gasteiger partial charge is 0.383 e. The second-order valence-corrected chi connectivity index (χ2v) is 9.94. The molecule has 7 nitrogen and oxygen atoms in total. The maximum Gasteiger partial charge on any atom is 0.267 e. The fraction of sp³-hybridized carbons (Fsp3) is 0.455. The Labute approximate surface area is 191 Å². The number of anilines is 1. The minimum Gasteiger partial charge on any atom is -0.383 e. The zero-order chi connectivity index (χ0) is 22.1. The Kier molecular flexibility index (Phi) is 6.45. The minimum absolute atomic E-state index is 0.186. The quantitative estimate of drug-likeness (QED) is 0.504. The molecule has 4 rings (SSSR count). The van der Waals surface area contributed by atoms with Gasteiger partial charge in [-0.2, -0.15) is 0 Å². The van der Waals surface area contributed by atoms with Gasteiger partial charge in [0.2, 0.25) is 0 Å². The predicted octanol–water partition coefficient (Wildman–Crippen LogP) is 3.02. The molecule has 2 aliphatic rings. The van der Waals surface area contributed by atoms with Crippen LogP contribution in [0.2, 0.25) is 0 Å². The van der Waals surface area contributed by atoms with Crippen LogP contribution in [0.1, 0.15) is 25.8 Å². The molecular weight excluding hydrogens is 432 g/mol. The summed E-state index contributed by atoms with van der Waals surface area (Å²) in [5, 5.41) is 0. The summed E-state index contributed by atoms with van der Waals surface area (Å²) in [6.07, 6.45) is 4.52. The third kappa shape index (κ3) is 4.40. The maximum absolute atomic E-state index is 13.4. The van der Waals surface area contributed by atoms with Crippen molar-refractivity contribution < 1.29 is 9.53 Å². The van der Waals surface area contributed by atoms with Crippen LogP contribution in [0, 0.1) is 11.8 Å². The SMILES string of the molecule is COCCN1C(=O)/C(=C/c2c(N3C[C@H](C)C[C@H](C)C3)nc3ccccn3c2=O)SC1=S. The van der Waals surface area contributed by atoms with Gasteiger partial charge in [-0.1, -0.05) is 43.9 Å². The minimum atomic E-state index is -0.198. The Balaban J connectivity index is 1.82. The number of piperidine rings is 1. The van der Waals surface area contributed by atoms with Crippen LogP contribution < -0.4 is 10.5 Å². The van der Waals surface area contributed by atoms with Crippen LogP contribution in [0.5, 0.6) is 0 Å². The number of hydrogen-bond acceptors (Lipinski definition) is 7. The number of methoxy groups -OCH3 is 1. The molecule has 164 valence electrons. The van der Waals surface area contributed by atoms with E-state index in [1.54, 1.807) is 25.4 Å². The first kappa shape index (κ1) is 22.0. The molecule has 1 amide bonds. The Bertz CT molecular complexity index is 1100. The molecule has 2 fully saturated rings. The highest BCUT2D eigenvalue weighted by atomic mass is 32.2. The lowest BCUT2D eigenvalue weighted by Gasteiger charge is -2.36. The molecule has 4 heterocycles. The van der Waals surface area contributed by atoms with Crippen molar-refractivity contribution in [3.8, 4) is 0 Å². The van der Waals surface area contributed by atoms with Crippen molar-refractivity contribution in [2.75, 3.05) is 38.3 Å².